The SMILES string of the molecule is NCCC1=CNCN1[C@H]1COc2cc(Cc3ccccc3)c(O)cc2C1. The van der Waals surface area contributed by atoms with E-state index in [0.29, 0.717) is 25.3 Å². The van der Waals surface area contributed by atoms with E-state index < -0.39 is 0 Å². The van der Waals surface area contributed by atoms with Crippen LogP contribution in [0.2, 0.25) is 0 Å². The van der Waals surface area contributed by atoms with Gasteiger partial charge in [0.25, 0.3) is 0 Å². The lowest BCUT2D eigenvalue weighted by molar-refractivity contribution is 0.151. The van der Waals surface area contributed by atoms with Gasteiger partial charge in [-0.15, -0.1) is 0 Å². The number of hydrogen-bond acceptors (Lipinski definition) is 5. The van der Waals surface area contributed by atoms with Gasteiger partial charge in [-0.05, 0) is 36.2 Å². The van der Waals surface area contributed by atoms with Crippen LogP contribution >= 0.6 is 0 Å². The highest BCUT2D eigenvalue weighted by molar-refractivity contribution is 5.48. The predicted molar refractivity (Wildman–Crippen MR) is 102 cm³/mol. The van der Waals surface area contributed by atoms with Crippen LogP contribution in [0.1, 0.15) is 23.1 Å². The van der Waals surface area contributed by atoms with E-state index in [1.165, 1.54) is 11.3 Å². The monoisotopic (exact) mass is 351 g/mol. The smallest absolute Gasteiger partial charge is 0.123 e. The van der Waals surface area contributed by atoms with Crippen molar-refractivity contribution in [2.45, 2.75) is 25.3 Å². The molecule has 0 radical (unpaired) electrons. The van der Waals surface area contributed by atoms with Crippen molar-refractivity contribution in [1.82, 2.24) is 10.2 Å². The number of ether oxygens (including phenoxy) is 1. The molecule has 0 aromatic heterocycles. The van der Waals surface area contributed by atoms with Crippen LogP contribution in [0.15, 0.2) is 54.4 Å². The zero-order chi connectivity index (χ0) is 17.9. The van der Waals surface area contributed by atoms with E-state index in [9.17, 15) is 5.11 Å². The zero-order valence-electron chi connectivity index (χ0n) is 14.8. The Labute approximate surface area is 154 Å². The maximum absolute atomic E-state index is 10.5. The highest BCUT2D eigenvalue weighted by Gasteiger charge is 2.29. The molecule has 2 aliphatic rings. The van der Waals surface area contributed by atoms with Crippen molar-refractivity contribution < 1.29 is 9.84 Å². The van der Waals surface area contributed by atoms with Gasteiger partial charge in [0.1, 0.15) is 18.1 Å². The summed E-state index contributed by atoms with van der Waals surface area (Å²) in [5.41, 5.74) is 10.1. The Morgan fingerprint density at radius 1 is 1.23 bits per heavy atom. The number of fused-ring (bicyclic) bond motifs is 1. The molecule has 136 valence electrons. The average molecular weight is 351 g/mol. The first-order chi connectivity index (χ1) is 12.7. The summed E-state index contributed by atoms with van der Waals surface area (Å²) in [5, 5.41) is 13.8. The Hall–Kier alpha value is -2.66. The van der Waals surface area contributed by atoms with Crippen molar-refractivity contribution in [2.75, 3.05) is 19.8 Å². The first kappa shape index (κ1) is 16.8. The van der Waals surface area contributed by atoms with Gasteiger partial charge in [0, 0.05) is 30.3 Å². The summed E-state index contributed by atoms with van der Waals surface area (Å²) in [6, 6.07) is 14.3. The first-order valence-corrected chi connectivity index (χ1v) is 9.15. The molecule has 0 fully saturated rings. The van der Waals surface area contributed by atoms with Crippen molar-refractivity contribution in [3.8, 4) is 11.5 Å². The fourth-order valence-electron chi connectivity index (χ4n) is 3.78. The predicted octanol–water partition coefficient (Wildman–Crippen LogP) is 2.34. The number of aromatic hydroxyl groups is 1. The van der Waals surface area contributed by atoms with Gasteiger partial charge in [-0.3, -0.25) is 0 Å². The molecule has 0 amide bonds. The molecular formula is C21H25N3O2. The Kier molecular flexibility index (Phi) is 4.71. The molecule has 0 spiro atoms. The molecule has 2 aliphatic heterocycles. The van der Waals surface area contributed by atoms with E-state index in [2.05, 4.69) is 22.3 Å². The van der Waals surface area contributed by atoms with E-state index in [0.717, 1.165) is 36.4 Å². The highest BCUT2D eigenvalue weighted by atomic mass is 16.5. The van der Waals surface area contributed by atoms with E-state index >= 15 is 0 Å². The van der Waals surface area contributed by atoms with Gasteiger partial charge in [-0.2, -0.15) is 0 Å². The number of phenolic OH excluding ortho intramolecular Hbond substituents is 1. The molecule has 4 rings (SSSR count). The normalized spacial score (nSPS) is 18.7. The third-order valence-corrected chi connectivity index (χ3v) is 5.13. The van der Waals surface area contributed by atoms with Gasteiger partial charge in [0.15, 0.2) is 0 Å². The van der Waals surface area contributed by atoms with Crippen molar-refractivity contribution in [2.24, 2.45) is 5.73 Å². The van der Waals surface area contributed by atoms with Crippen LogP contribution in [0, 0.1) is 0 Å². The van der Waals surface area contributed by atoms with Crippen molar-refractivity contribution in [1.29, 1.82) is 0 Å². The van der Waals surface area contributed by atoms with Crippen molar-refractivity contribution in [3.63, 3.8) is 0 Å². The van der Waals surface area contributed by atoms with Crippen LogP contribution in [0.3, 0.4) is 0 Å². The van der Waals surface area contributed by atoms with Crippen LogP contribution < -0.4 is 15.8 Å². The maximum atomic E-state index is 10.5. The minimum absolute atomic E-state index is 0.259. The summed E-state index contributed by atoms with van der Waals surface area (Å²) < 4.78 is 6.07. The molecule has 0 saturated heterocycles. The summed E-state index contributed by atoms with van der Waals surface area (Å²) in [5.74, 6) is 1.23. The summed E-state index contributed by atoms with van der Waals surface area (Å²) in [6.07, 6.45) is 4.46. The number of benzene rings is 2. The number of nitrogens with two attached hydrogens (primary N) is 1. The lowest BCUT2D eigenvalue weighted by Crippen LogP contribution is -2.43. The third kappa shape index (κ3) is 3.35. The molecular weight excluding hydrogens is 326 g/mol. The summed E-state index contributed by atoms with van der Waals surface area (Å²) in [4.78, 5) is 2.32. The van der Waals surface area contributed by atoms with Gasteiger partial charge in [0.05, 0.1) is 12.7 Å². The molecule has 2 aromatic rings. The van der Waals surface area contributed by atoms with Crippen LogP contribution in [-0.4, -0.2) is 35.9 Å². The van der Waals surface area contributed by atoms with Crippen molar-refractivity contribution >= 4 is 0 Å². The van der Waals surface area contributed by atoms with E-state index in [1.54, 1.807) is 0 Å². The molecule has 5 heteroatoms. The standard InChI is InChI=1S/C21H25N3O2/c22-7-6-18-12-23-14-24(18)19-9-17-10-20(25)16(11-21(17)26-13-19)8-15-4-2-1-3-5-15/h1-5,10-12,19,23,25H,6-9,13-14,22H2/t19-/m1/s1. The van der Waals surface area contributed by atoms with Gasteiger partial charge in [0.2, 0.25) is 0 Å². The van der Waals surface area contributed by atoms with Crippen molar-refractivity contribution in [3.05, 3.63) is 71.1 Å². The largest absolute Gasteiger partial charge is 0.508 e. The lowest BCUT2D eigenvalue weighted by atomic mass is 9.96. The Bertz CT molecular complexity index is 804. The van der Waals surface area contributed by atoms with Crippen LogP contribution in [0.25, 0.3) is 0 Å². The second-order valence-corrected chi connectivity index (χ2v) is 6.93. The quantitative estimate of drug-likeness (QED) is 0.771. The minimum Gasteiger partial charge on any atom is -0.508 e. The number of phenols is 1. The molecule has 2 heterocycles. The first-order valence-electron chi connectivity index (χ1n) is 9.15. The Morgan fingerprint density at radius 2 is 2.08 bits per heavy atom. The number of nitrogens with one attached hydrogen (secondary N) is 1. The second-order valence-electron chi connectivity index (χ2n) is 6.93. The summed E-state index contributed by atoms with van der Waals surface area (Å²) in [7, 11) is 0. The van der Waals surface area contributed by atoms with Crippen LogP contribution in [-0.2, 0) is 12.8 Å². The number of rotatable bonds is 5. The van der Waals surface area contributed by atoms with Gasteiger partial charge in [-0.1, -0.05) is 30.3 Å². The zero-order valence-corrected chi connectivity index (χ0v) is 14.8. The van der Waals surface area contributed by atoms with E-state index in [1.807, 2.05) is 36.5 Å². The van der Waals surface area contributed by atoms with E-state index in [4.69, 9.17) is 10.5 Å². The maximum Gasteiger partial charge on any atom is 0.123 e. The molecule has 2 aromatic carbocycles. The molecule has 5 nitrogen and oxygen atoms in total. The fourth-order valence-corrected chi connectivity index (χ4v) is 3.78. The fraction of sp³-hybridized carbons (Fsp3) is 0.333. The lowest BCUT2D eigenvalue weighted by Gasteiger charge is -2.35. The molecule has 0 aliphatic carbocycles. The minimum atomic E-state index is 0.259. The molecule has 1 atom stereocenters. The molecule has 4 N–H and O–H groups in total. The van der Waals surface area contributed by atoms with Gasteiger partial charge < -0.3 is 25.8 Å². The van der Waals surface area contributed by atoms with E-state index in [-0.39, 0.29) is 6.04 Å². The summed E-state index contributed by atoms with van der Waals surface area (Å²) in [6.45, 7) is 2.07. The Balaban J connectivity index is 1.52. The third-order valence-electron chi connectivity index (χ3n) is 5.13. The molecule has 0 bridgehead atoms. The molecule has 0 saturated carbocycles. The second kappa shape index (κ2) is 7.30. The Morgan fingerprint density at radius 3 is 2.88 bits per heavy atom. The number of hydrogen-bond donors (Lipinski definition) is 3. The molecule has 0 unspecified atom stereocenters. The van der Waals surface area contributed by atoms with Gasteiger partial charge >= 0.3 is 0 Å². The van der Waals surface area contributed by atoms with Crippen LogP contribution in [0.4, 0.5) is 0 Å². The summed E-state index contributed by atoms with van der Waals surface area (Å²) >= 11 is 0. The van der Waals surface area contributed by atoms with Crippen LogP contribution in [0.5, 0.6) is 11.5 Å². The highest BCUT2D eigenvalue weighted by Crippen LogP contribution is 2.35. The average Bonchev–Trinajstić information content (AvgIpc) is 3.11. The molecule has 26 heavy (non-hydrogen) atoms. The number of nitrogens with zero attached hydrogens (tertiary/aromatic N) is 1. The topological polar surface area (TPSA) is 70.8 Å². The van der Waals surface area contributed by atoms with Gasteiger partial charge in [-0.25, -0.2) is 0 Å².